The Bertz CT molecular complexity index is 201. The number of nitrogens with zero attached hydrogens (tertiary/aromatic N) is 2. The SMILES string of the molecule is CCCN1CCC(OCCCN(C)C(C)C)CC1. The third kappa shape index (κ3) is 6.17. The minimum absolute atomic E-state index is 0.516. The van der Waals surface area contributed by atoms with E-state index in [-0.39, 0.29) is 0 Å². The maximum absolute atomic E-state index is 5.99. The maximum atomic E-state index is 5.99. The molecule has 18 heavy (non-hydrogen) atoms. The molecule has 108 valence electrons. The number of ether oxygens (including phenoxy) is 1. The first kappa shape index (κ1) is 15.9. The van der Waals surface area contributed by atoms with E-state index in [9.17, 15) is 0 Å². The van der Waals surface area contributed by atoms with Crippen LogP contribution in [0.4, 0.5) is 0 Å². The smallest absolute Gasteiger partial charge is 0.0599 e. The van der Waals surface area contributed by atoms with E-state index in [2.05, 4.69) is 37.6 Å². The van der Waals surface area contributed by atoms with E-state index < -0.39 is 0 Å². The molecule has 0 spiro atoms. The lowest BCUT2D eigenvalue weighted by Gasteiger charge is -2.31. The van der Waals surface area contributed by atoms with Crippen molar-refractivity contribution in [3.8, 4) is 0 Å². The van der Waals surface area contributed by atoms with E-state index in [0.29, 0.717) is 12.1 Å². The molecule has 1 rings (SSSR count). The van der Waals surface area contributed by atoms with Crippen LogP contribution in [0.2, 0.25) is 0 Å². The summed E-state index contributed by atoms with van der Waals surface area (Å²) in [5, 5.41) is 0. The van der Waals surface area contributed by atoms with E-state index in [1.165, 1.54) is 38.9 Å². The highest BCUT2D eigenvalue weighted by Gasteiger charge is 2.18. The highest BCUT2D eigenvalue weighted by Crippen LogP contribution is 2.14. The lowest BCUT2D eigenvalue weighted by Crippen LogP contribution is -2.37. The summed E-state index contributed by atoms with van der Waals surface area (Å²) in [6.07, 6.45) is 5.39. The van der Waals surface area contributed by atoms with Gasteiger partial charge in [-0.15, -0.1) is 0 Å². The van der Waals surface area contributed by atoms with Crippen LogP contribution in [0.3, 0.4) is 0 Å². The summed E-state index contributed by atoms with van der Waals surface area (Å²) >= 11 is 0. The zero-order valence-corrected chi connectivity index (χ0v) is 12.8. The van der Waals surface area contributed by atoms with Crippen LogP contribution in [0.15, 0.2) is 0 Å². The summed E-state index contributed by atoms with van der Waals surface area (Å²) in [4.78, 5) is 4.94. The Balaban J connectivity index is 2.01. The van der Waals surface area contributed by atoms with Crippen LogP contribution in [0.1, 0.15) is 46.5 Å². The third-order valence-electron chi connectivity index (χ3n) is 3.96. The van der Waals surface area contributed by atoms with Crippen molar-refractivity contribution in [1.29, 1.82) is 0 Å². The largest absolute Gasteiger partial charge is 0.378 e. The average Bonchev–Trinajstić information content (AvgIpc) is 2.36. The lowest BCUT2D eigenvalue weighted by molar-refractivity contribution is 0.00394. The molecule has 0 bridgehead atoms. The molecule has 0 N–H and O–H groups in total. The number of likely N-dealkylation sites (tertiary alicyclic amines) is 1. The van der Waals surface area contributed by atoms with Crippen molar-refractivity contribution >= 4 is 0 Å². The highest BCUT2D eigenvalue weighted by molar-refractivity contribution is 4.72. The second-order valence-corrected chi connectivity index (χ2v) is 5.84. The molecule has 0 amide bonds. The number of rotatable bonds is 8. The van der Waals surface area contributed by atoms with Crippen molar-refractivity contribution in [1.82, 2.24) is 9.80 Å². The molecule has 1 aliphatic heterocycles. The molecular weight excluding hydrogens is 224 g/mol. The van der Waals surface area contributed by atoms with Crippen LogP contribution in [0, 0.1) is 0 Å². The van der Waals surface area contributed by atoms with Gasteiger partial charge in [0.2, 0.25) is 0 Å². The van der Waals surface area contributed by atoms with Gasteiger partial charge in [-0.3, -0.25) is 0 Å². The number of piperidine rings is 1. The summed E-state index contributed by atoms with van der Waals surface area (Å²) in [5.74, 6) is 0. The number of hydrogen-bond acceptors (Lipinski definition) is 3. The summed E-state index contributed by atoms with van der Waals surface area (Å²) in [6.45, 7) is 12.5. The topological polar surface area (TPSA) is 15.7 Å². The highest BCUT2D eigenvalue weighted by atomic mass is 16.5. The van der Waals surface area contributed by atoms with Gasteiger partial charge in [-0.2, -0.15) is 0 Å². The molecule has 3 heteroatoms. The Labute approximate surface area is 113 Å². The van der Waals surface area contributed by atoms with Crippen LogP contribution in [0.25, 0.3) is 0 Å². The fraction of sp³-hybridized carbons (Fsp3) is 1.00. The van der Waals surface area contributed by atoms with Gasteiger partial charge < -0.3 is 14.5 Å². The van der Waals surface area contributed by atoms with Crippen LogP contribution in [-0.2, 0) is 4.74 Å². The Hall–Kier alpha value is -0.120. The summed E-state index contributed by atoms with van der Waals surface area (Å²) in [5.41, 5.74) is 0. The molecule has 0 aromatic carbocycles. The van der Waals surface area contributed by atoms with Crippen LogP contribution >= 0.6 is 0 Å². The molecule has 1 fully saturated rings. The van der Waals surface area contributed by atoms with Gasteiger partial charge in [-0.1, -0.05) is 6.92 Å². The Kier molecular flexibility index (Phi) is 7.87. The molecule has 1 aliphatic rings. The second kappa shape index (κ2) is 8.89. The molecule has 0 atom stereocenters. The Morgan fingerprint density at radius 3 is 2.50 bits per heavy atom. The van der Waals surface area contributed by atoms with Gasteiger partial charge in [0.15, 0.2) is 0 Å². The summed E-state index contributed by atoms with van der Waals surface area (Å²) < 4.78 is 5.99. The van der Waals surface area contributed by atoms with E-state index in [1.54, 1.807) is 0 Å². The van der Waals surface area contributed by atoms with Gasteiger partial charge >= 0.3 is 0 Å². The monoisotopic (exact) mass is 256 g/mol. The molecule has 1 heterocycles. The van der Waals surface area contributed by atoms with E-state index in [4.69, 9.17) is 4.74 Å². The molecule has 0 saturated carbocycles. The van der Waals surface area contributed by atoms with Crippen LogP contribution < -0.4 is 0 Å². The first-order valence-corrected chi connectivity index (χ1v) is 7.67. The van der Waals surface area contributed by atoms with Crippen molar-refractivity contribution in [2.75, 3.05) is 39.8 Å². The Morgan fingerprint density at radius 1 is 1.28 bits per heavy atom. The summed E-state index contributed by atoms with van der Waals surface area (Å²) in [7, 11) is 2.19. The molecule has 0 aromatic rings. The van der Waals surface area contributed by atoms with Gasteiger partial charge in [0, 0.05) is 32.3 Å². The quantitative estimate of drug-likeness (QED) is 0.621. The van der Waals surface area contributed by atoms with Crippen molar-refractivity contribution in [3.63, 3.8) is 0 Å². The Morgan fingerprint density at radius 2 is 1.94 bits per heavy atom. The molecule has 1 saturated heterocycles. The fourth-order valence-corrected chi connectivity index (χ4v) is 2.44. The standard InChI is InChI=1S/C15H32N2O/c1-5-9-17-11-7-15(8-12-17)18-13-6-10-16(4)14(2)3/h14-15H,5-13H2,1-4H3. The van der Waals surface area contributed by atoms with Crippen LogP contribution in [0.5, 0.6) is 0 Å². The first-order chi connectivity index (χ1) is 8.63. The first-order valence-electron chi connectivity index (χ1n) is 7.67. The number of hydrogen-bond donors (Lipinski definition) is 0. The van der Waals surface area contributed by atoms with Crippen molar-refractivity contribution in [2.45, 2.75) is 58.6 Å². The second-order valence-electron chi connectivity index (χ2n) is 5.84. The van der Waals surface area contributed by atoms with Gasteiger partial charge in [-0.05, 0) is 53.1 Å². The predicted molar refractivity (Wildman–Crippen MR) is 78.1 cm³/mol. The van der Waals surface area contributed by atoms with Crippen molar-refractivity contribution in [2.24, 2.45) is 0 Å². The molecular formula is C15H32N2O. The third-order valence-corrected chi connectivity index (χ3v) is 3.96. The van der Waals surface area contributed by atoms with Gasteiger partial charge in [0.05, 0.1) is 6.10 Å². The zero-order valence-electron chi connectivity index (χ0n) is 12.8. The minimum Gasteiger partial charge on any atom is -0.378 e. The van der Waals surface area contributed by atoms with Crippen LogP contribution in [-0.4, -0.2) is 61.8 Å². The van der Waals surface area contributed by atoms with Crippen molar-refractivity contribution < 1.29 is 4.74 Å². The van der Waals surface area contributed by atoms with E-state index in [1.807, 2.05) is 0 Å². The summed E-state index contributed by atoms with van der Waals surface area (Å²) in [6, 6.07) is 0.641. The van der Waals surface area contributed by atoms with Gasteiger partial charge in [0.25, 0.3) is 0 Å². The molecule has 0 radical (unpaired) electrons. The normalized spacial score (nSPS) is 19.0. The molecule has 0 unspecified atom stereocenters. The average molecular weight is 256 g/mol. The lowest BCUT2D eigenvalue weighted by atomic mass is 10.1. The predicted octanol–water partition coefficient (Wildman–Crippen LogP) is 2.61. The van der Waals surface area contributed by atoms with Crippen molar-refractivity contribution in [3.05, 3.63) is 0 Å². The molecule has 0 aromatic heterocycles. The molecule has 0 aliphatic carbocycles. The zero-order chi connectivity index (χ0) is 13.4. The molecule has 3 nitrogen and oxygen atoms in total. The van der Waals surface area contributed by atoms with E-state index >= 15 is 0 Å². The van der Waals surface area contributed by atoms with E-state index in [0.717, 1.165) is 19.6 Å². The van der Waals surface area contributed by atoms with Gasteiger partial charge in [0.1, 0.15) is 0 Å². The van der Waals surface area contributed by atoms with Gasteiger partial charge in [-0.25, -0.2) is 0 Å². The fourth-order valence-electron chi connectivity index (χ4n) is 2.44. The maximum Gasteiger partial charge on any atom is 0.0599 e. The minimum atomic E-state index is 0.516.